The van der Waals surface area contributed by atoms with E-state index >= 15 is 0 Å². The lowest BCUT2D eigenvalue weighted by Crippen LogP contribution is -2.47. The van der Waals surface area contributed by atoms with Crippen molar-refractivity contribution < 1.29 is 18.7 Å². The highest BCUT2D eigenvalue weighted by molar-refractivity contribution is 7.17. The highest BCUT2D eigenvalue weighted by Crippen LogP contribution is 2.41. The number of nitrogens with zero attached hydrogens (tertiary/aromatic N) is 5. The van der Waals surface area contributed by atoms with Crippen molar-refractivity contribution in [2.45, 2.75) is 6.04 Å². The summed E-state index contributed by atoms with van der Waals surface area (Å²) in [5.41, 5.74) is 2.01. The molecule has 3 aromatic heterocycles. The number of halogens is 1. The van der Waals surface area contributed by atoms with Crippen LogP contribution in [0.4, 0.5) is 10.1 Å². The zero-order valence-electron chi connectivity index (χ0n) is 19.5. The van der Waals surface area contributed by atoms with E-state index in [1.165, 1.54) is 28.0 Å². The van der Waals surface area contributed by atoms with Crippen LogP contribution in [0.25, 0.3) is 16.5 Å². The van der Waals surface area contributed by atoms with Crippen LogP contribution in [0.15, 0.2) is 71.3 Å². The highest BCUT2D eigenvalue weighted by Gasteiger charge is 2.32. The Morgan fingerprint density at radius 1 is 1.06 bits per heavy atom. The minimum Gasteiger partial charge on any atom is -0.497 e. The lowest BCUT2D eigenvalue weighted by Gasteiger charge is -2.40. The average Bonchev–Trinajstić information content (AvgIpc) is 3.64. The molecule has 0 saturated carbocycles. The monoisotopic (exact) mass is 505 g/mol. The van der Waals surface area contributed by atoms with Gasteiger partial charge in [0.05, 0.1) is 24.3 Å². The second-order valence-corrected chi connectivity index (χ2v) is 9.58. The van der Waals surface area contributed by atoms with Crippen molar-refractivity contribution in [1.82, 2.24) is 19.5 Å². The van der Waals surface area contributed by atoms with Crippen LogP contribution in [0.2, 0.25) is 0 Å². The van der Waals surface area contributed by atoms with E-state index in [1.807, 2.05) is 36.4 Å². The molecule has 1 unspecified atom stereocenters. The fraction of sp³-hybridized carbons (Fsp3) is 0.231. The molecule has 1 saturated heterocycles. The maximum absolute atomic E-state index is 13.4. The maximum atomic E-state index is 13.4. The number of furan rings is 1. The number of aromatic hydroxyl groups is 1. The number of methoxy groups -OCH3 is 1. The largest absolute Gasteiger partial charge is 0.497 e. The first-order valence-corrected chi connectivity index (χ1v) is 12.4. The van der Waals surface area contributed by atoms with Gasteiger partial charge in [-0.3, -0.25) is 4.90 Å². The van der Waals surface area contributed by atoms with Crippen LogP contribution in [0.3, 0.4) is 0 Å². The fourth-order valence-electron chi connectivity index (χ4n) is 4.67. The van der Waals surface area contributed by atoms with Crippen LogP contribution in [0, 0.1) is 5.82 Å². The molecule has 6 rings (SSSR count). The number of fused-ring (bicyclic) bond motifs is 1. The Balaban J connectivity index is 1.34. The topological polar surface area (TPSA) is 79.3 Å². The molecular formula is C26H24FN5O3S. The summed E-state index contributed by atoms with van der Waals surface area (Å²) in [5.74, 6) is 1.56. The van der Waals surface area contributed by atoms with Crippen LogP contribution in [0.1, 0.15) is 16.5 Å². The molecule has 1 fully saturated rings. The van der Waals surface area contributed by atoms with Gasteiger partial charge >= 0.3 is 0 Å². The van der Waals surface area contributed by atoms with Gasteiger partial charge in [0.2, 0.25) is 16.7 Å². The van der Waals surface area contributed by atoms with E-state index in [4.69, 9.17) is 9.15 Å². The number of thiazole rings is 1. The lowest BCUT2D eigenvalue weighted by atomic mass is 10.0. The smallest absolute Gasteiger partial charge is 0.230 e. The molecule has 0 bridgehead atoms. The Kier molecular flexibility index (Phi) is 5.82. The molecule has 2 aromatic carbocycles. The first-order chi connectivity index (χ1) is 17.6. The van der Waals surface area contributed by atoms with Crippen molar-refractivity contribution >= 4 is 22.0 Å². The lowest BCUT2D eigenvalue weighted by molar-refractivity contribution is 0.211. The highest BCUT2D eigenvalue weighted by atomic mass is 32.1. The van der Waals surface area contributed by atoms with Crippen molar-refractivity contribution in [3.63, 3.8) is 0 Å². The average molecular weight is 506 g/mol. The van der Waals surface area contributed by atoms with Crippen molar-refractivity contribution in [3.8, 4) is 23.2 Å². The number of hydrogen-bond donors (Lipinski definition) is 1. The van der Waals surface area contributed by atoms with Gasteiger partial charge in [-0.15, -0.1) is 5.10 Å². The van der Waals surface area contributed by atoms with Gasteiger partial charge in [-0.25, -0.2) is 4.39 Å². The predicted octanol–water partition coefficient (Wildman–Crippen LogP) is 4.82. The molecule has 4 heterocycles. The van der Waals surface area contributed by atoms with E-state index < -0.39 is 0 Å². The molecule has 0 radical (unpaired) electrons. The third-order valence-corrected chi connectivity index (χ3v) is 7.54. The maximum Gasteiger partial charge on any atom is 0.230 e. The summed E-state index contributed by atoms with van der Waals surface area (Å²) in [6.07, 6.45) is 1.57. The molecule has 8 nitrogen and oxygen atoms in total. The van der Waals surface area contributed by atoms with Crippen molar-refractivity contribution in [3.05, 3.63) is 83.2 Å². The fourth-order valence-corrected chi connectivity index (χ4v) is 5.79. The quantitative estimate of drug-likeness (QED) is 0.355. The first kappa shape index (κ1) is 22.6. The Bertz CT molecular complexity index is 1470. The van der Waals surface area contributed by atoms with Crippen molar-refractivity contribution in [2.75, 3.05) is 38.2 Å². The number of ether oxygens (including phenoxy) is 1. The normalized spacial score (nSPS) is 15.4. The SMILES string of the molecule is COc1cccc(C(c2sc3nc(-c4ccco4)nn3c2O)N2CCN(c3ccc(F)cc3)CC2)c1. The zero-order valence-corrected chi connectivity index (χ0v) is 20.4. The molecule has 36 heavy (non-hydrogen) atoms. The van der Waals surface area contributed by atoms with Crippen LogP contribution in [-0.4, -0.2) is 57.9 Å². The van der Waals surface area contributed by atoms with Crippen LogP contribution in [-0.2, 0) is 0 Å². The number of piperazine rings is 1. The summed E-state index contributed by atoms with van der Waals surface area (Å²) >= 11 is 1.41. The molecule has 1 N–H and O–H groups in total. The molecule has 0 spiro atoms. The van der Waals surface area contributed by atoms with Crippen molar-refractivity contribution in [2.24, 2.45) is 0 Å². The molecule has 184 valence electrons. The van der Waals surface area contributed by atoms with Gasteiger partial charge < -0.3 is 19.2 Å². The van der Waals surface area contributed by atoms with Gasteiger partial charge in [0.15, 0.2) is 5.76 Å². The summed E-state index contributed by atoms with van der Waals surface area (Å²) in [7, 11) is 1.65. The first-order valence-electron chi connectivity index (χ1n) is 11.6. The van der Waals surface area contributed by atoms with Gasteiger partial charge in [0.25, 0.3) is 0 Å². The minimum absolute atomic E-state index is 0.0640. The summed E-state index contributed by atoms with van der Waals surface area (Å²) in [5, 5.41) is 15.8. The van der Waals surface area contributed by atoms with E-state index in [1.54, 1.807) is 25.5 Å². The van der Waals surface area contributed by atoms with E-state index in [2.05, 4.69) is 19.9 Å². The Morgan fingerprint density at radius 3 is 2.56 bits per heavy atom. The third-order valence-electron chi connectivity index (χ3n) is 6.47. The summed E-state index contributed by atoms with van der Waals surface area (Å²) in [4.78, 5) is 10.5. The van der Waals surface area contributed by atoms with Crippen molar-refractivity contribution in [1.29, 1.82) is 0 Å². The Hall–Kier alpha value is -3.89. The standard InChI is InChI=1S/C26H24FN5O3S/c1-34-20-5-2-4-17(16-20)22(31-13-11-30(12-14-31)19-9-7-18(27)8-10-19)23-25(33)32-26(36-23)28-24(29-32)21-6-3-15-35-21/h2-10,15-16,22,33H,11-14H2,1H3. The summed E-state index contributed by atoms with van der Waals surface area (Å²) < 4.78 is 25.8. The number of hydrogen-bond acceptors (Lipinski definition) is 8. The number of anilines is 1. The van der Waals surface area contributed by atoms with Gasteiger partial charge in [0.1, 0.15) is 11.6 Å². The number of benzene rings is 2. The molecule has 5 aromatic rings. The molecule has 10 heteroatoms. The van der Waals surface area contributed by atoms with Gasteiger partial charge in [-0.05, 0) is 54.1 Å². The number of rotatable bonds is 6. The Labute approximate surface area is 210 Å². The molecule has 1 atom stereocenters. The molecular weight excluding hydrogens is 481 g/mol. The van der Waals surface area contributed by atoms with Gasteiger partial charge in [-0.2, -0.15) is 9.50 Å². The second-order valence-electron chi connectivity index (χ2n) is 8.58. The Morgan fingerprint density at radius 2 is 1.86 bits per heavy atom. The van der Waals surface area contributed by atoms with Crippen LogP contribution < -0.4 is 9.64 Å². The molecule has 1 aliphatic heterocycles. The van der Waals surface area contributed by atoms with E-state index in [0.29, 0.717) is 16.5 Å². The third kappa shape index (κ3) is 4.08. The van der Waals surface area contributed by atoms with Crippen LogP contribution >= 0.6 is 11.3 Å². The molecule has 0 amide bonds. The zero-order chi connectivity index (χ0) is 24.6. The summed E-state index contributed by atoms with van der Waals surface area (Å²) in [6.45, 7) is 3.06. The van der Waals surface area contributed by atoms with Gasteiger partial charge in [0, 0.05) is 31.9 Å². The number of aromatic nitrogens is 3. The molecule has 1 aliphatic rings. The van der Waals surface area contributed by atoms with E-state index in [-0.39, 0.29) is 17.7 Å². The van der Waals surface area contributed by atoms with Gasteiger partial charge in [-0.1, -0.05) is 23.5 Å². The predicted molar refractivity (Wildman–Crippen MR) is 135 cm³/mol. The van der Waals surface area contributed by atoms with Crippen LogP contribution in [0.5, 0.6) is 11.6 Å². The summed E-state index contributed by atoms with van der Waals surface area (Å²) in [6, 6.07) is 17.9. The van der Waals surface area contributed by atoms with E-state index in [9.17, 15) is 9.50 Å². The minimum atomic E-state index is -0.238. The molecule has 0 aliphatic carbocycles. The van der Waals surface area contributed by atoms with E-state index in [0.717, 1.165) is 48.1 Å². The second kappa shape index (κ2) is 9.29.